The number of carbonyl (C=O) groups excluding carboxylic acids is 1. The average Bonchev–Trinajstić information content (AvgIpc) is 2.86. The number of esters is 1. The molecule has 4 nitrogen and oxygen atoms in total. The van der Waals surface area contributed by atoms with Gasteiger partial charge >= 0.3 is 12.1 Å². The minimum absolute atomic E-state index is 0.116. The van der Waals surface area contributed by atoms with E-state index in [4.69, 9.17) is 14.2 Å². The molecule has 2 rings (SSSR count). The zero-order chi connectivity index (χ0) is 27.2. The van der Waals surface area contributed by atoms with Crippen molar-refractivity contribution in [3.05, 3.63) is 53.6 Å². The van der Waals surface area contributed by atoms with Crippen LogP contribution in [-0.4, -0.2) is 31.5 Å². The molecule has 0 amide bonds. The van der Waals surface area contributed by atoms with Crippen LogP contribution in [0.25, 0.3) is 0 Å². The third kappa shape index (κ3) is 10.3. The summed E-state index contributed by atoms with van der Waals surface area (Å²) in [6, 6.07) is 10.7. The number of thioether (sulfide) groups is 1. The third-order valence-corrected chi connectivity index (χ3v) is 6.94. The predicted octanol–water partition coefficient (Wildman–Crippen LogP) is 8.35. The fourth-order valence-electron chi connectivity index (χ4n) is 3.52. The summed E-state index contributed by atoms with van der Waals surface area (Å²) in [5, 5.41) is 0. The molecule has 1 unspecified atom stereocenters. The van der Waals surface area contributed by atoms with Gasteiger partial charge in [0.1, 0.15) is 11.5 Å². The Kier molecular flexibility index (Phi) is 13.8. The van der Waals surface area contributed by atoms with Crippen molar-refractivity contribution >= 4 is 17.7 Å². The Hall–Kier alpha value is -2.35. The summed E-state index contributed by atoms with van der Waals surface area (Å²) in [4.78, 5) is 12.6. The van der Waals surface area contributed by atoms with Crippen LogP contribution in [0.4, 0.5) is 13.2 Å². The molecular weight excluding hydrogens is 489 g/mol. The first kappa shape index (κ1) is 31.7. The fraction of sp³-hybridized carbons (Fsp3) is 0.536. The second-order valence-corrected chi connectivity index (χ2v) is 9.27. The number of rotatable bonds is 13. The lowest BCUT2D eigenvalue weighted by molar-refractivity contribution is -0.145. The Morgan fingerprint density at radius 2 is 1.64 bits per heavy atom. The summed E-state index contributed by atoms with van der Waals surface area (Å²) in [7, 11) is 0. The van der Waals surface area contributed by atoms with Crippen LogP contribution in [0.3, 0.4) is 0 Å². The number of ether oxygens (including phenoxy) is 3. The van der Waals surface area contributed by atoms with Crippen LogP contribution in [0.2, 0.25) is 0 Å². The van der Waals surface area contributed by atoms with Crippen LogP contribution in [0.15, 0.2) is 47.4 Å². The highest BCUT2D eigenvalue weighted by atomic mass is 32.2. The molecule has 0 N–H and O–H groups in total. The number of hydrogen-bond donors (Lipinski definition) is 0. The minimum Gasteiger partial charge on any atom is -0.493 e. The van der Waals surface area contributed by atoms with Crippen LogP contribution in [0.5, 0.6) is 11.5 Å². The summed E-state index contributed by atoms with van der Waals surface area (Å²) in [5.41, 5.74) is 0.124. The molecule has 0 radical (unpaired) electrons. The Morgan fingerprint density at radius 3 is 2.17 bits per heavy atom. The molecule has 1 atom stereocenters. The zero-order valence-electron chi connectivity index (χ0n) is 22.2. The SMILES string of the molecule is CC.CCCC(CC)(COc1ccc(C(F)(F)F)cc1)CSc1ccc(OCC(=O)OCC)c(C)c1. The molecular formula is C28H39F3O4S. The van der Waals surface area contributed by atoms with E-state index >= 15 is 0 Å². The molecule has 0 fully saturated rings. The van der Waals surface area contributed by atoms with Gasteiger partial charge < -0.3 is 14.2 Å². The van der Waals surface area contributed by atoms with Gasteiger partial charge in [-0.2, -0.15) is 13.2 Å². The Bertz CT molecular complexity index is 916. The number of alkyl halides is 3. The summed E-state index contributed by atoms with van der Waals surface area (Å²) in [5.74, 6) is 1.48. The predicted molar refractivity (Wildman–Crippen MR) is 140 cm³/mol. The molecule has 36 heavy (non-hydrogen) atoms. The number of hydrogen-bond acceptors (Lipinski definition) is 5. The van der Waals surface area contributed by atoms with Crippen molar-refractivity contribution in [2.45, 2.75) is 71.9 Å². The molecule has 202 valence electrons. The van der Waals surface area contributed by atoms with Crippen molar-refractivity contribution in [3.63, 3.8) is 0 Å². The molecule has 0 saturated carbocycles. The summed E-state index contributed by atoms with van der Waals surface area (Å²) in [6.07, 6.45) is -1.56. The topological polar surface area (TPSA) is 44.8 Å². The van der Waals surface area contributed by atoms with E-state index in [1.807, 2.05) is 39.0 Å². The molecule has 2 aromatic carbocycles. The second-order valence-electron chi connectivity index (χ2n) is 8.22. The molecule has 2 aromatic rings. The van der Waals surface area contributed by atoms with Crippen LogP contribution >= 0.6 is 11.8 Å². The third-order valence-electron chi connectivity index (χ3n) is 5.60. The van der Waals surface area contributed by atoms with Gasteiger partial charge in [0.05, 0.1) is 18.8 Å². The van der Waals surface area contributed by atoms with Crippen molar-refractivity contribution in [2.24, 2.45) is 5.41 Å². The molecule has 0 saturated heterocycles. The normalized spacial score (nSPS) is 12.7. The zero-order valence-corrected chi connectivity index (χ0v) is 23.0. The maximum absolute atomic E-state index is 12.8. The molecule has 0 aliphatic carbocycles. The van der Waals surface area contributed by atoms with Gasteiger partial charge in [-0.05, 0) is 74.7 Å². The van der Waals surface area contributed by atoms with Gasteiger partial charge in [-0.15, -0.1) is 11.8 Å². The largest absolute Gasteiger partial charge is 0.493 e. The highest BCUT2D eigenvalue weighted by Crippen LogP contribution is 2.37. The minimum atomic E-state index is -4.36. The second kappa shape index (κ2) is 15.7. The average molecular weight is 529 g/mol. The van der Waals surface area contributed by atoms with Crippen LogP contribution < -0.4 is 9.47 Å². The first-order chi connectivity index (χ1) is 17.1. The first-order valence-electron chi connectivity index (χ1n) is 12.4. The monoisotopic (exact) mass is 528 g/mol. The van der Waals surface area contributed by atoms with E-state index in [0.29, 0.717) is 24.7 Å². The smallest absolute Gasteiger partial charge is 0.416 e. The van der Waals surface area contributed by atoms with E-state index in [1.54, 1.807) is 18.7 Å². The van der Waals surface area contributed by atoms with E-state index in [1.165, 1.54) is 12.1 Å². The van der Waals surface area contributed by atoms with Crippen LogP contribution in [-0.2, 0) is 15.7 Å². The Balaban J connectivity index is 0.00000316. The Morgan fingerprint density at radius 1 is 0.972 bits per heavy atom. The highest BCUT2D eigenvalue weighted by molar-refractivity contribution is 7.99. The molecule has 0 aromatic heterocycles. The maximum Gasteiger partial charge on any atom is 0.416 e. The Labute approximate surface area is 217 Å². The van der Waals surface area contributed by atoms with Crippen molar-refractivity contribution in [3.8, 4) is 11.5 Å². The van der Waals surface area contributed by atoms with Gasteiger partial charge in [0, 0.05) is 16.1 Å². The number of halogens is 3. The lowest BCUT2D eigenvalue weighted by atomic mass is 9.83. The summed E-state index contributed by atoms with van der Waals surface area (Å²) < 4.78 is 54.8. The summed E-state index contributed by atoms with van der Waals surface area (Å²) in [6.45, 7) is 12.5. The number of aryl methyl sites for hydroxylation is 1. The molecule has 0 bridgehead atoms. The van der Waals surface area contributed by atoms with Crippen molar-refractivity contribution in [2.75, 3.05) is 25.6 Å². The summed E-state index contributed by atoms with van der Waals surface area (Å²) >= 11 is 1.71. The van der Waals surface area contributed by atoms with Crippen molar-refractivity contribution in [1.29, 1.82) is 0 Å². The molecule has 0 heterocycles. The van der Waals surface area contributed by atoms with Gasteiger partial charge in [0.15, 0.2) is 6.61 Å². The molecule has 8 heteroatoms. The number of benzene rings is 2. The van der Waals surface area contributed by atoms with Crippen molar-refractivity contribution < 1.29 is 32.2 Å². The van der Waals surface area contributed by atoms with Gasteiger partial charge in [0.25, 0.3) is 0 Å². The van der Waals surface area contributed by atoms with E-state index in [-0.39, 0.29) is 12.0 Å². The van der Waals surface area contributed by atoms with Gasteiger partial charge in [-0.3, -0.25) is 0 Å². The van der Waals surface area contributed by atoms with Gasteiger partial charge in [-0.25, -0.2) is 4.79 Å². The molecule has 0 aliphatic heterocycles. The maximum atomic E-state index is 12.8. The lowest BCUT2D eigenvalue weighted by Gasteiger charge is -2.32. The lowest BCUT2D eigenvalue weighted by Crippen LogP contribution is -2.30. The van der Waals surface area contributed by atoms with Crippen LogP contribution in [0.1, 0.15) is 65.0 Å². The van der Waals surface area contributed by atoms with Crippen LogP contribution in [0, 0.1) is 12.3 Å². The highest BCUT2D eigenvalue weighted by Gasteiger charge is 2.31. The van der Waals surface area contributed by atoms with Gasteiger partial charge in [0.2, 0.25) is 0 Å². The quantitative estimate of drug-likeness (QED) is 0.193. The van der Waals surface area contributed by atoms with Crippen molar-refractivity contribution in [1.82, 2.24) is 0 Å². The number of carbonyl (C=O) groups is 1. The first-order valence-corrected chi connectivity index (χ1v) is 13.4. The fourth-order valence-corrected chi connectivity index (χ4v) is 4.85. The standard InChI is InChI=1S/C26H33F3O4S.C2H6/c1-5-14-25(6-2,17-33-21-10-8-20(9-11-21)26(27,28)29)18-34-22-12-13-23(19(4)15-22)32-16-24(30)31-7-3;1-2/h8-13,15H,5-7,14,16-18H2,1-4H3;1-2H3. The molecule has 0 aliphatic rings. The molecule has 0 spiro atoms. The van der Waals surface area contributed by atoms with E-state index in [0.717, 1.165) is 47.6 Å². The van der Waals surface area contributed by atoms with E-state index in [9.17, 15) is 18.0 Å². The van der Waals surface area contributed by atoms with E-state index in [2.05, 4.69) is 13.8 Å². The van der Waals surface area contributed by atoms with E-state index < -0.39 is 17.7 Å². The van der Waals surface area contributed by atoms with Gasteiger partial charge in [-0.1, -0.05) is 34.1 Å².